The Kier molecular flexibility index (Phi) is 4.49. The lowest BCUT2D eigenvalue weighted by Gasteiger charge is -1.97. The zero-order valence-electron chi connectivity index (χ0n) is 5.31. The summed E-state index contributed by atoms with van der Waals surface area (Å²) in [6, 6.07) is 0. The first kappa shape index (κ1) is 9.79. The van der Waals surface area contributed by atoms with Crippen LogP contribution in [0.5, 0.6) is 0 Å². The molecule has 0 atom stereocenters. The number of hydrogen-bond donors (Lipinski definition) is 1. The van der Waals surface area contributed by atoms with Crippen molar-refractivity contribution < 1.29 is 26.9 Å². The molecule has 0 fully saturated rings. The Hall–Kier alpha value is -0.210. The van der Waals surface area contributed by atoms with Crippen LogP contribution in [0.4, 0.5) is 0 Å². The van der Waals surface area contributed by atoms with Crippen molar-refractivity contribution in [3.05, 3.63) is 0 Å². The maximum absolute atomic E-state index is 9.83. The molecule has 0 rings (SSSR count). The fourth-order valence-corrected chi connectivity index (χ4v) is 0.535. The molecule has 0 bridgehead atoms. The first-order chi connectivity index (χ1) is 4.56. The summed E-state index contributed by atoms with van der Waals surface area (Å²) in [7, 11) is -3.07. The SMILES string of the molecule is COOCCOS(=O)(=O)O. The van der Waals surface area contributed by atoms with Crippen molar-refractivity contribution in [3.63, 3.8) is 0 Å². The zero-order chi connectivity index (χ0) is 8.04. The molecule has 0 saturated carbocycles. The molecule has 0 heterocycles. The fourth-order valence-electron chi connectivity index (χ4n) is 0.257. The van der Waals surface area contributed by atoms with Gasteiger partial charge in [0.1, 0.15) is 6.61 Å². The topological polar surface area (TPSA) is 82.1 Å². The molecule has 62 valence electrons. The van der Waals surface area contributed by atoms with E-state index in [1.165, 1.54) is 7.11 Å². The second kappa shape index (κ2) is 4.58. The quantitative estimate of drug-likeness (QED) is 0.257. The van der Waals surface area contributed by atoms with Gasteiger partial charge in [-0.1, -0.05) is 0 Å². The summed E-state index contributed by atoms with van der Waals surface area (Å²) in [5.74, 6) is 0. The van der Waals surface area contributed by atoms with Crippen molar-refractivity contribution in [2.75, 3.05) is 20.3 Å². The number of hydrogen-bond acceptors (Lipinski definition) is 5. The summed E-state index contributed by atoms with van der Waals surface area (Å²) in [4.78, 5) is 8.33. The van der Waals surface area contributed by atoms with Crippen molar-refractivity contribution in [1.82, 2.24) is 0 Å². The molecule has 7 heteroatoms. The smallest absolute Gasteiger partial charge is 0.264 e. The van der Waals surface area contributed by atoms with E-state index in [4.69, 9.17) is 4.55 Å². The van der Waals surface area contributed by atoms with Gasteiger partial charge < -0.3 is 0 Å². The monoisotopic (exact) mass is 172 g/mol. The molecule has 0 spiro atoms. The van der Waals surface area contributed by atoms with Crippen LogP contribution in [0.15, 0.2) is 0 Å². The van der Waals surface area contributed by atoms with Gasteiger partial charge >= 0.3 is 10.4 Å². The maximum Gasteiger partial charge on any atom is 0.397 e. The predicted molar refractivity (Wildman–Crippen MR) is 30.5 cm³/mol. The van der Waals surface area contributed by atoms with Gasteiger partial charge in [-0.05, 0) is 0 Å². The second-order valence-corrected chi connectivity index (χ2v) is 2.33. The van der Waals surface area contributed by atoms with Gasteiger partial charge in [-0.3, -0.25) is 4.55 Å². The van der Waals surface area contributed by atoms with Gasteiger partial charge in [-0.2, -0.15) is 8.42 Å². The largest absolute Gasteiger partial charge is 0.397 e. The average molecular weight is 172 g/mol. The summed E-state index contributed by atoms with van der Waals surface area (Å²) in [6.07, 6.45) is 0. The third-order valence-electron chi connectivity index (χ3n) is 0.517. The Labute approximate surface area is 58.6 Å². The van der Waals surface area contributed by atoms with Crippen LogP contribution in [0.2, 0.25) is 0 Å². The van der Waals surface area contributed by atoms with Gasteiger partial charge in [-0.15, -0.1) is 0 Å². The van der Waals surface area contributed by atoms with E-state index >= 15 is 0 Å². The van der Waals surface area contributed by atoms with Gasteiger partial charge in [0.25, 0.3) is 0 Å². The van der Waals surface area contributed by atoms with Crippen LogP contribution < -0.4 is 0 Å². The second-order valence-electron chi connectivity index (χ2n) is 1.24. The van der Waals surface area contributed by atoms with Crippen LogP contribution in [0.25, 0.3) is 0 Å². The lowest BCUT2D eigenvalue weighted by atomic mass is 10.8. The molecular formula is C3H8O6S. The highest BCUT2D eigenvalue weighted by atomic mass is 32.3. The highest BCUT2D eigenvalue weighted by Gasteiger charge is 2.02. The molecular weight excluding hydrogens is 164 g/mol. The van der Waals surface area contributed by atoms with E-state index in [2.05, 4.69) is 14.0 Å². The lowest BCUT2D eigenvalue weighted by Crippen LogP contribution is -2.09. The molecule has 0 aliphatic rings. The van der Waals surface area contributed by atoms with Crippen LogP contribution in [-0.2, 0) is 24.4 Å². The minimum absolute atomic E-state index is 0.0592. The first-order valence-electron chi connectivity index (χ1n) is 2.33. The molecule has 0 aliphatic carbocycles. The van der Waals surface area contributed by atoms with Gasteiger partial charge in [0.05, 0.1) is 13.7 Å². The molecule has 0 aromatic heterocycles. The highest BCUT2D eigenvalue weighted by molar-refractivity contribution is 7.80. The minimum Gasteiger partial charge on any atom is -0.264 e. The average Bonchev–Trinajstić information content (AvgIpc) is 1.78. The maximum atomic E-state index is 9.83. The highest BCUT2D eigenvalue weighted by Crippen LogP contribution is 1.85. The fraction of sp³-hybridized carbons (Fsp3) is 1.00. The van der Waals surface area contributed by atoms with E-state index in [0.717, 1.165) is 0 Å². The molecule has 0 amide bonds. The third-order valence-corrected chi connectivity index (χ3v) is 0.981. The standard InChI is InChI=1S/C3H8O6S/c1-7-8-2-3-9-10(4,5)6/h2-3H2,1H3,(H,4,5,6). The van der Waals surface area contributed by atoms with Gasteiger partial charge in [-0.25, -0.2) is 14.0 Å². The summed E-state index contributed by atoms with van der Waals surface area (Å²) in [5.41, 5.74) is 0. The molecule has 0 unspecified atom stereocenters. The summed E-state index contributed by atoms with van der Waals surface area (Å²) in [5, 5.41) is 0. The molecule has 0 aromatic rings. The van der Waals surface area contributed by atoms with Crippen molar-refractivity contribution >= 4 is 10.4 Å². The number of rotatable bonds is 5. The lowest BCUT2D eigenvalue weighted by molar-refractivity contribution is -0.274. The van der Waals surface area contributed by atoms with Crippen molar-refractivity contribution in [1.29, 1.82) is 0 Å². The van der Waals surface area contributed by atoms with Crippen LogP contribution in [0, 0.1) is 0 Å². The van der Waals surface area contributed by atoms with E-state index in [1.807, 2.05) is 0 Å². The Balaban J connectivity index is 3.21. The van der Waals surface area contributed by atoms with E-state index in [0.29, 0.717) is 0 Å². The van der Waals surface area contributed by atoms with E-state index in [-0.39, 0.29) is 13.2 Å². The molecule has 0 saturated heterocycles. The van der Waals surface area contributed by atoms with Gasteiger partial charge in [0.2, 0.25) is 0 Å². The van der Waals surface area contributed by atoms with Gasteiger partial charge in [0.15, 0.2) is 0 Å². The van der Waals surface area contributed by atoms with Crippen LogP contribution in [-0.4, -0.2) is 33.3 Å². The normalized spacial score (nSPS) is 11.8. The van der Waals surface area contributed by atoms with E-state index in [1.54, 1.807) is 0 Å². The molecule has 0 radical (unpaired) electrons. The molecule has 10 heavy (non-hydrogen) atoms. The van der Waals surface area contributed by atoms with E-state index < -0.39 is 10.4 Å². The van der Waals surface area contributed by atoms with Crippen molar-refractivity contribution in [3.8, 4) is 0 Å². The Bertz CT molecular complexity index is 160. The summed E-state index contributed by atoms with van der Waals surface area (Å²) >= 11 is 0. The summed E-state index contributed by atoms with van der Waals surface area (Å²) < 4.78 is 31.5. The molecule has 0 aliphatic heterocycles. The molecule has 6 nitrogen and oxygen atoms in total. The first-order valence-corrected chi connectivity index (χ1v) is 3.70. The zero-order valence-corrected chi connectivity index (χ0v) is 6.13. The predicted octanol–water partition coefficient (Wildman–Crippen LogP) is -0.616. The van der Waals surface area contributed by atoms with Crippen LogP contribution >= 0.6 is 0 Å². The van der Waals surface area contributed by atoms with Crippen LogP contribution in [0.3, 0.4) is 0 Å². The Morgan fingerprint density at radius 2 is 2.00 bits per heavy atom. The van der Waals surface area contributed by atoms with Crippen LogP contribution in [0.1, 0.15) is 0 Å². The molecule has 0 aromatic carbocycles. The molecule has 1 N–H and O–H groups in total. The Morgan fingerprint density at radius 1 is 1.40 bits per heavy atom. The van der Waals surface area contributed by atoms with Crippen molar-refractivity contribution in [2.24, 2.45) is 0 Å². The minimum atomic E-state index is -4.34. The van der Waals surface area contributed by atoms with Gasteiger partial charge in [0, 0.05) is 0 Å². The Morgan fingerprint density at radius 3 is 2.40 bits per heavy atom. The summed E-state index contributed by atoms with van der Waals surface area (Å²) in [6.45, 7) is -0.330. The third kappa shape index (κ3) is 7.79. The van der Waals surface area contributed by atoms with E-state index in [9.17, 15) is 8.42 Å². The van der Waals surface area contributed by atoms with Crippen molar-refractivity contribution in [2.45, 2.75) is 0 Å².